The normalized spacial score (nSPS) is 10.2. The summed E-state index contributed by atoms with van der Waals surface area (Å²) in [6.45, 7) is 0. The summed E-state index contributed by atoms with van der Waals surface area (Å²) in [5, 5.41) is 2.79. The van der Waals surface area contributed by atoms with Gasteiger partial charge in [0.1, 0.15) is 5.69 Å². The Hall–Kier alpha value is -1.27. The highest BCUT2D eigenvalue weighted by Crippen LogP contribution is 2.30. The number of aromatic amines is 1. The van der Waals surface area contributed by atoms with Gasteiger partial charge in [-0.3, -0.25) is 4.79 Å². The second-order valence-electron chi connectivity index (χ2n) is 3.40. The van der Waals surface area contributed by atoms with Gasteiger partial charge < -0.3 is 16.0 Å². The molecule has 1 aromatic heterocycles. The zero-order chi connectivity index (χ0) is 12.4. The molecule has 2 aromatic rings. The molecule has 0 spiro atoms. The smallest absolute Gasteiger partial charge is 0.272 e. The van der Waals surface area contributed by atoms with Crippen LogP contribution in [0.1, 0.15) is 10.5 Å². The summed E-state index contributed by atoms with van der Waals surface area (Å²) in [5.74, 6) is -0.241. The van der Waals surface area contributed by atoms with Crippen LogP contribution >= 0.6 is 31.9 Å². The summed E-state index contributed by atoms with van der Waals surface area (Å²) in [6, 6.07) is 7.16. The monoisotopic (exact) mass is 357 g/mol. The van der Waals surface area contributed by atoms with Crippen molar-refractivity contribution >= 4 is 49.1 Å². The predicted octanol–water partition coefficient (Wildman–Crippen LogP) is 3.37. The number of halogens is 2. The van der Waals surface area contributed by atoms with Crippen LogP contribution in [0.3, 0.4) is 0 Å². The molecule has 0 unspecified atom stereocenters. The molecule has 6 heteroatoms. The minimum atomic E-state index is -0.241. The molecular formula is C11H9Br2N3O. The first kappa shape index (κ1) is 12.2. The zero-order valence-corrected chi connectivity index (χ0v) is 11.8. The minimum Gasteiger partial charge on any atom is -0.397 e. The number of hydrogen-bond acceptors (Lipinski definition) is 2. The number of carbonyl (C=O) groups excluding carboxylic acids is 1. The molecule has 17 heavy (non-hydrogen) atoms. The van der Waals surface area contributed by atoms with E-state index < -0.39 is 0 Å². The molecule has 0 saturated carbocycles. The highest BCUT2D eigenvalue weighted by atomic mass is 79.9. The van der Waals surface area contributed by atoms with Gasteiger partial charge in [-0.1, -0.05) is 6.07 Å². The lowest BCUT2D eigenvalue weighted by atomic mass is 10.3. The van der Waals surface area contributed by atoms with Gasteiger partial charge in [0.15, 0.2) is 0 Å². The first-order valence-electron chi connectivity index (χ1n) is 4.77. The molecule has 0 aliphatic rings. The van der Waals surface area contributed by atoms with Crippen molar-refractivity contribution in [3.8, 4) is 0 Å². The molecular weight excluding hydrogens is 350 g/mol. The first-order chi connectivity index (χ1) is 8.08. The fraction of sp³-hybridized carbons (Fsp3) is 0. The Labute approximate surface area is 115 Å². The Bertz CT molecular complexity index is 545. The summed E-state index contributed by atoms with van der Waals surface area (Å²) < 4.78 is 1.61. The third-order valence-corrected chi connectivity index (χ3v) is 3.47. The van der Waals surface area contributed by atoms with E-state index in [1.165, 1.54) is 0 Å². The number of anilines is 2. The van der Waals surface area contributed by atoms with Crippen LogP contribution in [0.25, 0.3) is 0 Å². The van der Waals surface area contributed by atoms with Crippen LogP contribution in [0.2, 0.25) is 0 Å². The number of H-pyrrole nitrogens is 1. The van der Waals surface area contributed by atoms with Gasteiger partial charge in [0.25, 0.3) is 5.91 Å². The van der Waals surface area contributed by atoms with Crippen LogP contribution in [-0.2, 0) is 0 Å². The summed E-state index contributed by atoms with van der Waals surface area (Å²) in [5.41, 5.74) is 7.18. The molecule has 1 heterocycles. The maximum absolute atomic E-state index is 11.9. The average molecular weight is 359 g/mol. The van der Waals surface area contributed by atoms with Crippen molar-refractivity contribution in [3.63, 3.8) is 0 Å². The van der Waals surface area contributed by atoms with Gasteiger partial charge in [0.05, 0.1) is 5.69 Å². The SMILES string of the molecule is Nc1c[nH]c(C(=O)Nc2c(Br)cccc2Br)c1. The summed E-state index contributed by atoms with van der Waals surface area (Å²) in [4.78, 5) is 14.7. The molecule has 0 fully saturated rings. The Morgan fingerprint density at radius 3 is 2.47 bits per heavy atom. The maximum atomic E-state index is 11.9. The van der Waals surface area contributed by atoms with E-state index in [2.05, 4.69) is 42.2 Å². The Morgan fingerprint density at radius 1 is 1.29 bits per heavy atom. The van der Waals surface area contributed by atoms with Crippen LogP contribution in [-0.4, -0.2) is 10.9 Å². The number of nitrogen functional groups attached to an aromatic ring is 1. The van der Waals surface area contributed by atoms with E-state index in [-0.39, 0.29) is 5.91 Å². The molecule has 4 N–H and O–H groups in total. The number of amides is 1. The molecule has 1 aromatic carbocycles. The number of nitrogens with two attached hydrogens (primary N) is 1. The van der Waals surface area contributed by atoms with Crippen molar-refractivity contribution < 1.29 is 4.79 Å². The van der Waals surface area contributed by atoms with Crippen molar-refractivity contribution in [2.24, 2.45) is 0 Å². The quantitative estimate of drug-likeness (QED) is 0.770. The number of aromatic nitrogens is 1. The highest BCUT2D eigenvalue weighted by molar-refractivity contribution is 9.11. The molecule has 1 amide bonds. The molecule has 2 rings (SSSR count). The molecule has 0 aliphatic carbocycles. The second-order valence-corrected chi connectivity index (χ2v) is 5.11. The van der Waals surface area contributed by atoms with Gasteiger partial charge in [-0.05, 0) is 50.1 Å². The number of rotatable bonds is 2. The van der Waals surface area contributed by atoms with E-state index >= 15 is 0 Å². The minimum absolute atomic E-state index is 0.241. The Morgan fingerprint density at radius 2 is 1.94 bits per heavy atom. The number of benzene rings is 1. The fourth-order valence-corrected chi connectivity index (χ4v) is 2.54. The van der Waals surface area contributed by atoms with E-state index in [0.29, 0.717) is 17.1 Å². The predicted molar refractivity (Wildman–Crippen MR) is 75.0 cm³/mol. The van der Waals surface area contributed by atoms with Crippen molar-refractivity contribution in [1.29, 1.82) is 0 Å². The third-order valence-electron chi connectivity index (χ3n) is 2.15. The molecule has 4 nitrogen and oxygen atoms in total. The summed E-state index contributed by atoms with van der Waals surface area (Å²) in [6.07, 6.45) is 1.57. The lowest BCUT2D eigenvalue weighted by Gasteiger charge is -2.08. The van der Waals surface area contributed by atoms with Gasteiger partial charge in [-0.2, -0.15) is 0 Å². The number of hydrogen-bond donors (Lipinski definition) is 3. The van der Waals surface area contributed by atoms with Crippen LogP contribution in [0.15, 0.2) is 39.4 Å². The van der Waals surface area contributed by atoms with Crippen molar-refractivity contribution in [2.75, 3.05) is 11.1 Å². The van der Waals surface area contributed by atoms with Crippen LogP contribution < -0.4 is 11.1 Å². The van der Waals surface area contributed by atoms with Crippen molar-refractivity contribution in [3.05, 3.63) is 45.1 Å². The topological polar surface area (TPSA) is 70.9 Å². The van der Waals surface area contributed by atoms with Crippen molar-refractivity contribution in [1.82, 2.24) is 4.98 Å². The molecule has 0 saturated heterocycles. The lowest BCUT2D eigenvalue weighted by molar-refractivity contribution is 0.102. The third kappa shape index (κ3) is 2.70. The van der Waals surface area contributed by atoms with Gasteiger partial charge in [0, 0.05) is 20.8 Å². The fourth-order valence-electron chi connectivity index (χ4n) is 1.34. The molecule has 88 valence electrons. The molecule has 0 radical (unpaired) electrons. The van der Waals surface area contributed by atoms with Crippen LogP contribution in [0.4, 0.5) is 11.4 Å². The standard InChI is InChI=1S/C11H9Br2N3O/c12-7-2-1-3-8(13)10(7)16-11(17)9-4-6(14)5-15-9/h1-5,15H,14H2,(H,16,17). The maximum Gasteiger partial charge on any atom is 0.272 e. The van der Waals surface area contributed by atoms with Gasteiger partial charge in [-0.15, -0.1) is 0 Å². The van der Waals surface area contributed by atoms with Crippen LogP contribution in [0.5, 0.6) is 0 Å². The first-order valence-corrected chi connectivity index (χ1v) is 6.36. The van der Waals surface area contributed by atoms with Gasteiger partial charge in [0.2, 0.25) is 0 Å². The number of para-hydroxylation sites is 1. The molecule has 0 bridgehead atoms. The van der Waals surface area contributed by atoms with E-state index in [1.807, 2.05) is 18.2 Å². The molecule has 0 aliphatic heterocycles. The summed E-state index contributed by atoms with van der Waals surface area (Å²) >= 11 is 6.75. The second kappa shape index (κ2) is 4.93. The van der Waals surface area contributed by atoms with E-state index in [0.717, 1.165) is 8.95 Å². The number of nitrogens with one attached hydrogen (secondary N) is 2. The average Bonchev–Trinajstić information content (AvgIpc) is 2.70. The Kier molecular flexibility index (Phi) is 3.54. The number of carbonyl (C=O) groups is 1. The van der Waals surface area contributed by atoms with Crippen LogP contribution in [0, 0.1) is 0 Å². The summed E-state index contributed by atoms with van der Waals surface area (Å²) in [7, 11) is 0. The molecule has 0 atom stereocenters. The van der Waals surface area contributed by atoms with Gasteiger partial charge >= 0.3 is 0 Å². The van der Waals surface area contributed by atoms with Gasteiger partial charge in [-0.25, -0.2) is 0 Å². The Balaban J connectivity index is 2.24. The zero-order valence-electron chi connectivity index (χ0n) is 8.63. The van der Waals surface area contributed by atoms with Crippen molar-refractivity contribution in [2.45, 2.75) is 0 Å². The van der Waals surface area contributed by atoms with E-state index in [1.54, 1.807) is 12.3 Å². The highest BCUT2D eigenvalue weighted by Gasteiger charge is 2.11. The van der Waals surface area contributed by atoms with E-state index in [4.69, 9.17) is 5.73 Å². The lowest BCUT2D eigenvalue weighted by Crippen LogP contribution is -2.13. The van der Waals surface area contributed by atoms with E-state index in [9.17, 15) is 4.79 Å². The largest absolute Gasteiger partial charge is 0.397 e.